The molecule has 0 heterocycles. The molecule has 1 amide bonds. The molecule has 1 unspecified atom stereocenters. The Labute approximate surface area is 106 Å². The molecule has 0 aromatic heterocycles. The molecule has 0 bridgehead atoms. The van der Waals surface area contributed by atoms with Crippen molar-refractivity contribution in [3.8, 4) is 11.8 Å². The van der Waals surface area contributed by atoms with Gasteiger partial charge in [0.1, 0.15) is 0 Å². The molecule has 3 heteroatoms. The minimum atomic E-state index is 0.0824. The monoisotopic (exact) mass is 238 g/mol. The van der Waals surface area contributed by atoms with E-state index in [4.69, 9.17) is 5.73 Å². The van der Waals surface area contributed by atoms with E-state index in [2.05, 4.69) is 37.9 Å². The van der Waals surface area contributed by atoms with Gasteiger partial charge in [-0.15, -0.1) is 5.92 Å². The van der Waals surface area contributed by atoms with Crippen molar-refractivity contribution in [2.75, 3.05) is 13.1 Å². The molecular weight excluding hydrogens is 212 g/mol. The van der Waals surface area contributed by atoms with Gasteiger partial charge in [0.15, 0.2) is 0 Å². The Morgan fingerprint density at radius 3 is 2.47 bits per heavy atom. The number of hydrogen-bond donors (Lipinski definition) is 2. The number of nitrogens with one attached hydrogen (secondary N) is 1. The van der Waals surface area contributed by atoms with E-state index >= 15 is 0 Å². The second kappa shape index (κ2) is 8.14. The van der Waals surface area contributed by atoms with Gasteiger partial charge in [-0.1, -0.05) is 26.7 Å². The topological polar surface area (TPSA) is 55.1 Å². The molecule has 17 heavy (non-hydrogen) atoms. The summed E-state index contributed by atoms with van der Waals surface area (Å²) in [5.41, 5.74) is 5.82. The van der Waals surface area contributed by atoms with Crippen molar-refractivity contribution in [1.82, 2.24) is 5.32 Å². The van der Waals surface area contributed by atoms with Crippen molar-refractivity contribution in [2.24, 2.45) is 17.1 Å². The first kappa shape index (κ1) is 16.0. The summed E-state index contributed by atoms with van der Waals surface area (Å²) >= 11 is 0. The lowest BCUT2D eigenvalue weighted by Gasteiger charge is -2.30. The van der Waals surface area contributed by atoms with Gasteiger partial charge >= 0.3 is 0 Å². The third-order valence-electron chi connectivity index (χ3n) is 3.01. The Hall–Kier alpha value is -1.01. The highest BCUT2D eigenvalue weighted by Gasteiger charge is 2.24. The summed E-state index contributed by atoms with van der Waals surface area (Å²) in [6.07, 6.45) is 2.44. The van der Waals surface area contributed by atoms with Crippen LogP contribution in [0.25, 0.3) is 0 Å². The van der Waals surface area contributed by atoms with Crippen molar-refractivity contribution < 1.29 is 4.79 Å². The van der Waals surface area contributed by atoms with Crippen molar-refractivity contribution in [3.63, 3.8) is 0 Å². The van der Waals surface area contributed by atoms with Crippen LogP contribution in [-0.4, -0.2) is 19.0 Å². The van der Waals surface area contributed by atoms with Gasteiger partial charge in [0, 0.05) is 6.42 Å². The highest BCUT2D eigenvalue weighted by molar-refractivity contribution is 5.76. The summed E-state index contributed by atoms with van der Waals surface area (Å²) in [5.74, 6) is 6.15. The van der Waals surface area contributed by atoms with Gasteiger partial charge in [-0.3, -0.25) is 4.79 Å². The van der Waals surface area contributed by atoms with Gasteiger partial charge in [0.25, 0.3) is 0 Å². The number of carbonyl (C=O) groups is 1. The van der Waals surface area contributed by atoms with Crippen LogP contribution in [0.2, 0.25) is 0 Å². The number of amides is 1. The molecule has 3 N–H and O–H groups in total. The molecule has 0 rings (SSSR count). The molecule has 0 saturated heterocycles. The van der Waals surface area contributed by atoms with E-state index in [1.807, 2.05) is 0 Å². The summed E-state index contributed by atoms with van der Waals surface area (Å²) in [6, 6.07) is 0. The van der Waals surface area contributed by atoms with E-state index in [9.17, 15) is 4.79 Å². The van der Waals surface area contributed by atoms with Crippen LogP contribution in [0.15, 0.2) is 0 Å². The Morgan fingerprint density at radius 2 is 2.00 bits per heavy atom. The smallest absolute Gasteiger partial charge is 0.220 e. The summed E-state index contributed by atoms with van der Waals surface area (Å²) in [4.78, 5) is 11.5. The minimum absolute atomic E-state index is 0.0824. The molecule has 98 valence electrons. The Balaban J connectivity index is 4.03. The minimum Gasteiger partial charge on any atom is -0.345 e. The second-order valence-electron chi connectivity index (χ2n) is 5.38. The van der Waals surface area contributed by atoms with E-state index in [1.165, 1.54) is 0 Å². The van der Waals surface area contributed by atoms with Crippen LogP contribution in [0, 0.1) is 23.2 Å². The molecule has 0 aliphatic carbocycles. The molecular formula is C14H26N2O. The zero-order valence-corrected chi connectivity index (χ0v) is 11.6. The van der Waals surface area contributed by atoms with Gasteiger partial charge in [0.2, 0.25) is 5.91 Å². The van der Waals surface area contributed by atoms with Gasteiger partial charge in [-0.2, -0.15) is 0 Å². The molecule has 0 saturated carbocycles. The summed E-state index contributed by atoms with van der Waals surface area (Å²) < 4.78 is 0. The SMILES string of the molecule is CC#CCNC(=O)CCC(CCN)C(C)(C)C. The van der Waals surface area contributed by atoms with Gasteiger partial charge in [-0.05, 0) is 37.6 Å². The Bertz CT molecular complexity index is 281. The summed E-state index contributed by atoms with van der Waals surface area (Å²) in [5, 5.41) is 2.79. The van der Waals surface area contributed by atoms with Crippen LogP contribution in [0.1, 0.15) is 47.0 Å². The molecule has 3 nitrogen and oxygen atoms in total. The number of carbonyl (C=O) groups excluding carboxylic acids is 1. The first-order valence-electron chi connectivity index (χ1n) is 6.28. The van der Waals surface area contributed by atoms with Crippen molar-refractivity contribution in [3.05, 3.63) is 0 Å². The fraction of sp³-hybridized carbons (Fsp3) is 0.786. The van der Waals surface area contributed by atoms with Crippen molar-refractivity contribution >= 4 is 5.91 Å². The third-order valence-corrected chi connectivity index (χ3v) is 3.01. The van der Waals surface area contributed by atoms with Crippen LogP contribution in [0.3, 0.4) is 0 Å². The lowest BCUT2D eigenvalue weighted by atomic mass is 9.76. The van der Waals surface area contributed by atoms with Crippen LogP contribution in [0.5, 0.6) is 0 Å². The van der Waals surface area contributed by atoms with E-state index < -0.39 is 0 Å². The quantitative estimate of drug-likeness (QED) is 0.695. The van der Waals surface area contributed by atoms with E-state index in [0.717, 1.165) is 12.8 Å². The van der Waals surface area contributed by atoms with E-state index in [-0.39, 0.29) is 11.3 Å². The molecule has 1 atom stereocenters. The molecule has 0 aliphatic heterocycles. The highest BCUT2D eigenvalue weighted by Crippen LogP contribution is 2.31. The number of nitrogens with two attached hydrogens (primary N) is 1. The first-order valence-corrected chi connectivity index (χ1v) is 6.28. The van der Waals surface area contributed by atoms with Crippen molar-refractivity contribution in [1.29, 1.82) is 0 Å². The van der Waals surface area contributed by atoms with E-state index in [0.29, 0.717) is 25.4 Å². The zero-order chi connectivity index (χ0) is 13.3. The maximum absolute atomic E-state index is 11.5. The largest absolute Gasteiger partial charge is 0.345 e. The first-order chi connectivity index (χ1) is 7.91. The predicted molar refractivity (Wildman–Crippen MR) is 72.3 cm³/mol. The lowest BCUT2D eigenvalue weighted by Crippen LogP contribution is -2.28. The fourth-order valence-corrected chi connectivity index (χ4v) is 1.84. The highest BCUT2D eigenvalue weighted by atomic mass is 16.1. The van der Waals surface area contributed by atoms with Crippen LogP contribution in [0.4, 0.5) is 0 Å². The Kier molecular flexibility index (Phi) is 7.65. The van der Waals surface area contributed by atoms with Crippen LogP contribution in [-0.2, 0) is 4.79 Å². The zero-order valence-electron chi connectivity index (χ0n) is 11.6. The molecule has 0 spiro atoms. The standard InChI is InChI=1S/C14H26N2O/c1-5-6-11-16-13(17)8-7-12(9-10-15)14(2,3)4/h12H,7-11,15H2,1-4H3,(H,16,17). The molecule has 0 radical (unpaired) electrons. The van der Waals surface area contributed by atoms with Crippen LogP contribution >= 0.6 is 0 Å². The van der Waals surface area contributed by atoms with Gasteiger partial charge < -0.3 is 11.1 Å². The van der Waals surface area contributed by atoms with Crippen molar-refractivity contribution in [2.45, 2.75) is 47.0 Å². The maximum Gasteiger partial charge on any atom is 0.220 e. The summed E-state index contributed by atoms with van der Waals surface area (Å²) in [7, 11) is 0. The molecule has 0 aromatic carbocycles. The third kappa shape index (κ3) is 7.82. The molecule has 0 aromatic rings. The van der Waals surface area contributed by atoms with Crippen LogP contribution < -0.4 is 11.1 Å². The average Bonchev–Trinajstić information content (AvgIpc) is 2.23. The average molecular weight is 238 g/mol. The normalized spacial score (nSPS) is 12.5. The summed E-state index contributed by atoms with van der Waals surface area (Å²) in [6.45, 7) is 9.51. The van der Waals surface area contributed by atoms with E-state index in [1.54, 1.807) is 6.92 Å². The molecule has 0 fully saturated rings. The number of hydrogen-bond acceptors (Lipinski definition) is 2. The maximum atomic E-state index is 11.5. The Morgan fingerprint density at radius 1 is 1.35 bits per heavy atom. The van der Waals surface area contributed by atoms with Gasteiger partial charge in [-0.25, -0.2) is 0 Å². The number of rotatable bonds is 6. The van der Waals surface area contributed by atoms with Gasteiger partial charge in [0.05, 0.1) is 6.54 Å². The molecule has 0 aliphatic rings. The fourth-order valence-electron chi connectivity index (χ4n) is 1.84. The predicted octanol–water partition coefficient (Wildman–Crippen LogP) is 1.92. The second-order valence-corrected chi connectivity index (χ2v) is 5.38. The lowest BCUT2D eigenvalue weighted by molar-refractivity contribution is -0.121.